The van der Waals surface area contributed by atoms with Gasteiger partial charge in [0.2, 0.25) is 0 Å². The molecule has 11 heavy (non-hydrogen) atoms. The largest absolute Gasteiger partial charge is 0.363 e. The fourth-order valence-electron chi connectivity index (χ4n) is 1.81. The van der Waals surface area contributed by atoms with Crippen LogP contribution in [0, 0.1) is 0 Å². The van der Waals surface area contributed by atoms with E-state index in [-0.39, 0.29) is 18.6 Å². The highest BCUT2D eigenvalue weighted by Gasteiger charge is 2.29. The van der Waals surface area contributed by atoms with Crippen molar-refractivity contribution < 1.29 is 4.74 Å². The summed E-state index contributed by atoms with van der Waals surface area (Å²) in [5, 5.41) is 3.38. The van der Waals surface area contributed by atoms with E-state index in [1.165, 1.54) is 0 Å². The van der Waals surface area contributed by atoms with Gasteiger partial charge in [0.1, 0.15) is 6.23 Å². The minimum absolute atomic E-state index is 0. The summed E-state index contributed by atoms with van der Waals surface area (Å²) < 4.78 is 5.43. The molecule has 0 aromatic rings. The van der Waals surface area contributed by atoms with Crippen molar-refractivity contribution in [2.75, 3.05) is 6.61 Å². The highest BCUT2D eigenvalue weighted by atomic mass is 35.5. The van der Waals surface area contributed by atoms with Crippen molar-refractivity contribution in [1.82, 2.24) is 5.32 Å². The van der Waals surface area contributed by atoms with Crippen LogP contribution in [0.2, 0.25) is 0 Å². The zero-order chi connectivity index (χ0) is 6.97. The number of rotatable bonds is 0. The van der Waals surface area contributed by atoms with Crippen LogP contribution in [-0.4, -0.2) is 24.9 Å². The maximum absolute atomic E-state index is 5.80. The lowest BCUT2D eigenvalue weighted by Crippen LogP contribution is -2.54. The Bertz CT molecular complexity index is 118. The zero-order valence-corrected chi connectivity index (χ0v) is 7.27. The van der Waals surface area contributed by atoms with E-state index in [4.69, 9.17) is 10.5 Å². The second-order valence-electron chi connectivity index (χ2n) is 3.24. The van der Waals surface area contributed by atoms with Crippen molar-refractivity contribution in [3.63, 3.8) is 0 Å². The highest BCUT2D eigenvalue weighted by Crippen LogP contribution is 2.19. The molecule has 3 nitrogen and oxygen atoms in total. The number of piperidine rings is 1. The smallest absolute Gasteiger partial charge is 0.109 e. The van der Waals surface area contributed by atoms with E-state index in [0.29, 0.717) is 12.1 Å². The van der Waals surface area contributed by atoms with Gasteiger partial charge < -0.3 is 10.5 Å². The van der Waals surface area contributed by atoms with E-state index < -0.39 is 0 Å². The lowest BCUT2D eigenvalue weighted by Gasteiger charge is -2.38. The summed E-state index contributed by atoms with van der Waals surface area (Å²) in [7, 11) is 0. The van der Waals surface area contributed by atoms with E-state index >= 15 is 0 Å². The van der Waals surface area contributed by atoms with Crippen LogP contribution < -0.4 is 11.1 Å². The lowest BCUT2D eigenvalue weighted by atomic mass is 9.95. The summed E-state index contributed by atoms with van der Waals surface area (Å²) >= 11 is 0. The fourth-order valence-corrected chi connectivity index (χ4v) is 1.81. The number of ether oxygens (including phenoxy) is 1. The molecular weight excluding hydrogens is 164 g/mol. The van der Waals surface area contributed by atoms with Gasteiger partial charge in [-0.1, -0.05) is 0 Å². The van der Waals surface area contributed by atoms with Crippen LogP contribution in [0.4, 0.5) is 0 Å². The van der Waals surface area contributed by atoms with E-state index in [1.807, 2.05) is 0 Å². The third kappa shape index (κ3) is 2.06. The second-order valence-corrected chi connectivity index (χ2v) is 3.24. The van der Waals surface area contributed by atoms with E-state index in [9.17, 15) is 0 Å². The summed E-state index contributed by atoms with van der Waals surface area (Å²) in [4.78, 5) is 0. The number of fused-ring (bicyclic) bond motifs is 2. The van der Waals surface area contributed by atoms with Gasteiger partial charge in [-0.05, 0) is 12.8 Å². The highest BCUT2D eigenvalue weighted by molar-refractivity contribution is 5.85. The maximum Gasteiger partial charge on any atom is 0.109 e. The number of hydrogen-bond donors (Lipinski definition) is 2. The average Bonchev–Trinajstić information content (AvgIpc) is 1.85. The van der Waals surface area contributed by atoms with Crippen LogP contribution >= 0.6 is 12.4 Å². The molecule has 0 radical (unpaired) electrons. The van der Waals surface area contributed by atoms with Crippen LogP contribution in [0.15, 0.2) is 0 Å². The predicted octanol–water partition coefficient (Wildman–Crippen LogP) is 0.234. The van der Waals surface area contributed by atoms with Crippen molar-refractivity contribution in [2.24, 2.45) is 5.73 Å². The zero-order valence-electron chi connectivity index (χ0n) is 6.45. The van der Waals surface area contributed by atoms with Crippen LogP contribution in [0.3, 0.4) is 0 Å². The molecule has 3 N–H and O–H groups in total. The Kier molecular flexibility index (Phi) is 3.13. The molecular formula is C7H15ClN2O. The summed E-state index contributed by atoms with van der Waals surface area (Å²) in [6.45, 7) is 0.912. The molecule has 2 rings (SSSR count). The molecule has 0 amide bonds. The molecule has 66 valence electrons. The minimum Gasteiger partial charge on any atom is -0.363 e. The third-order valence-corrected chi connectivity index (χ3v) is 2.31. The molecule has 2 fully saturated rings. The quantitative estimate of drug-likeness (QED) is 0.559. The fraction of sp³-hybridized carbons (Fsp3) is 1.00. The molecule has 0 spiro atoms. The van der Waals surface area contributed by atoms with Gasteiger partial charge >= 0.3 is 0 Å². The summed E-state index contributed by atoms with van der Waals surface area (Å²) in [6.07, 6.45) is 3.49. The molecule has 2 saturated heterocycles. The molecule has 0 aromatic heterocycles. The average molecular weight is 179 g/mol. The first-order valence-corrected chi connectivity index (χ1v) is 3.98. The molecule has 2 aliphatic rings. The van der Waals surface area contributed by atoms with Gasteiger partial charge in [-0.15, -0.1) is 12.4 Å². The first kappa shape index (κ1) is 9.26. The number of nitrogens with two attached hydrogens (primary N) is 1. The molecule has 2 heterocycles. The first-order valence-electron chi connectivity index (χ1n) is 3.98. The standard InChI is InChI=1S/C7H14N2O.ClH/c8-5-3-6-1-2-10-7(4-5)9-6;/h5-7,9H,1-4,8H2;1H. The number of hydrogen-bond acceptors (Lipinski definition) is 3. The van der Waals surface area contributed by atoms with Crippen LogP contribution in [0.1, 0.15) is 19.3 Å². The monoisotopic (exact) mass is 178 g/mol. The SMILES string of the molecule is Cl.NC1CC2CCOC(C1)N2. The maximum atomic E-state index is 5.80. The van der Waals surface area contributed by atoms with Gasteiger partial charge in [-0.3, -0.25) is 5.32 Å². The molecule has 0 aliphatic carbocycles. The van der Waals surface area contributed by atoms with E-state index in [0.717, 1.165) is 25.9 Å². The molecule has 2 aliphatic heterocycles. The van der Waals surface area contributed by atoms with Gasteiger partial charge in [-0.25, -0.2) is 0 Å². The number of nitrogens with one attached hydrogen (secondary N) is 1. The molecule has 0 aromatic carbocycles. The summed E-state index contributed by atoms with van der Waals surface area (Å²) in [5.74, 6) is 0. The van der Waals surface area contributed by atoms with Crippen LogP contribution in [0.25, 0.3) is 0 Å². The van der Waals surface area contributed by atoms with Gasteiger partial charge in [0.15, 0.2) is 0 Å². The molecule has 3 unspecified atom stereocenters. The van der Waals surface area contributed by atoms with Crippen molar-refractivity contribution in [1.29, 1.82) is 0 Å². The summed E-state index contributed by atoms with van der Waals surface area (Å²) in [5.41, 5.74) is 5.80. The van der Waals surface area contributed by atoms with E-state index in [1.54, 1.807) is 0 Å². The number of halogens is 1. The van der Waals surface area contributed by atoms with Crippen molar-refractivity contribution in [3.05, 3.63) is 0 Å². The van der Waals surface area contributed by atoms with Crippen molar-refractivity contribution in [3.8, 4) is 0 Å². The Morgan fingerprint density at radius 2 is 2.18 bits per heavy atom. The molecule has 2 bridgehead atoms. The van der Waals surface area contributed by atoms with Gasteiger partial charge in [-0.2, -0.15) is 0 Å². The van der Waals surface area contributed by atoms with Gasteiger partial charge in [0.05, 0.1) is 6.61 Å². The van der Waals surface area contributed by atoms with Crippen LogP contribution in [0.5, 0.6) is 0 Å². The minimum atomic E-state index is 0. The Hall–Kier alpha value is 0.170. The topological polar surface area (TPSA) is 47.3 Å². The predicted molar refractivity (Wildman–Crippen MR) is 45.7 cm³/mol. The summed E-state index contributed by atoms with van der Waals surface area (Å²) in [6, 6.07) is 0.985. The normalized spacial score (nSPS) is 42.8. The van der Waals surface area contributed by atoms with Crippen molar-refractivity contribution >= 4 is 12.4 Å². The first-order chi connectivity index (χ1) is 4.84. The Morgan fingerprint density at radius 1 is 1.36 bits per heavy atom. The van der Waals surface area contributed by atoms with Gasteiger partial charge in [0.25, 0.3) is 0 Å². The lowest BCUT2D eigenvalue weighted by molar-refractivity contribution is -0.0470. The second kappa shape index (κ2) is 3.72. The third-order valence-electron chi connectivity index (χ3n) is 2.31. The Morgan fingerprint density at radius 3 is 2.91 bits per heavy atom. The van der Waals surface area contributed by atoms with Gasteiger partial charge in [0, 0.05) is 18.5 Å². The molecule has 3 atom stereocenters. The van der Waals surface area contributed by atoms with E-state index in [2.05, 4.69) is 5.32 Å². The Labute approximate surface area is 73.1 Å². The van der Waals surface area contributed by atoms with Crippen molar-refractivity contribution in [2.45, 2.75) is 37.6 Å². The van der Waals surface area contributed by atoms with Crippen LogP contribution in [-0.2, 0) is 4.74 Å². The Balaban J connectivity index is 0.000000605. The molecule has 4 heteroatoms. The molecule has 0 saturated carbocycles.